The molecule has 1 atom stereocenters. The molecule has 3 N–H and O–H groups in total. The van der Waals surface area contributed by atoms with Gasteiger partial charge in [-0.3, -0.25) is 4.79 Å². The summed E-state index contributed by atoms with van der Waals surface area (Å²) in [5, 5.41) is 3.61. The molecule has 0 aliphatic carbocycles. The molecule has 1 heterocycles. The maximum atomic E-state index is 12.4. The average molecular weight is 363 g/mol. The normalized spacial score (nSPS) is 17.7. The highest BCUT2D eigenvalue weighted by molar-refractivity contribution is 6.30. The maximum Gasteiger partial charge on any atom is 0.227 e. The van der Waals surface area contributed by atoms with Crippen molar-refractivity contribution in [1.82, 2.24) is 5.32 Å². The zero-order chi connectivity index (χ0) is 16.0. The SMILES string of the molecule is CC(CNC(=O)C1(CN)CCOCC1)Oc1ccc(Cl)cc1.Cl. The molecule has 130 valence electrons. The van der Waals surface area contributed by atoms with Crippen LogP contribution in [-0.4, -0.2) is 38.3 Å². The van der Waals surface area contributed by atoms with E-state index >= 15 is 0 Å². The number of rotatable bonds is 6. The van der Waals surface area contributed by atoms with Crippen LogP contribution in [0.15, 0.2) is 24.3 Å². The quantitative estimate of drug-likeness (QED) is 0.814. The minimum Gasteiger partial charge on any atom is -0.489 e. The number of nitrogens with two attached hydrogens (primary N) is 1. The Morgan fingerprint density at radius 3 is 2.57 bits per heavy atom. The summed E-state index contributed by atoms with van der Waals surface area (Å²) >= 11 is 5.83. The summed E-state index contributed by atoms with van der Waals surface area (Å²) in [5.74, 6) is 0.718. The summed E-state index contributed by atoms with van der Waals surface area (Å²) in [5.41, 5.74) is 5.32. The molecule has 1 aliphatic heterocycles. The van der Waals surface area contributed by atoms with Crippen molar-refractivity contribution < 1.29 is 14.3 Å². The van der Waals surface area contributed by atoms with E-state index in [0.717, 1.165) is 5.75 Å². The molecule has 2 rings (SSSR count). The predicted octanol–water partition coefficient (Wildman–Crippen LogP) is 2.40. The van der Waals surface area contributed by atoms with E-state index in [1.807, 2.05) is 6.92 Å². The Morgan fingerprint density at radius 2 is 2.00 bits per heavy atom. The van der Waals surface area contributed by atoms with Gasteiger partial charge in [0, 0.05) is 24.8 Å². The molecule has 1 aromatic carbocycles. The molecular weight excluding hydrogens is 339 g/mol. The predicted molar refractivity (Wildman–Crippen MR) is 93.3 cm³/mol. The molecular formula is C16H24Cl2N2O3. The zero-order valence-electron chi connectivity index (χ0n) is 13.2. The van der Waals surface area contributed by atoms with Crippen molar-refractivity contribution >= 4 is 29.9 Å². The van der Waals surface area contributed by atoms with Crippen LogP contribution in [0.3, 0.4) is 0 Å². The van der Waals surface area contributed by atoms with Crippen LogP contribution in [-0.2, 0) is 9.53 Å². The largest absolute Gasteiger partial charge is 0.489 e. The molecule has 23 heavy (non-hydrogen) atoms. The first kappa shape index (κ1) is 20.0. The third-order valence-corrected chi connectivity index (χ3v) is 4.28. The second-order valence-electron chi connectivity index (χ2n) is 5.69. The lowest BCUT2D eigenvalue weighted by atomic mass is 9.79. The fraction of sp³-hybridized carbons (Fsp3) is 0.562. The third kappa shape index (κ3) is 5.53. The average Bonchev–Trinajstić information content (AvgIpc) is 2.55. The smallest absolute Gasteiger partial charge is 0.227 e. The number of hydrogen-bond donors (Lipinski definition) is 2. The standard InChI is InChI=1S/C16H23ClN2O3.ClH/c1-12(22-14-4-2-13(17)3-5-14)10-19-15(20)16(11-18)6-8-21-9-7-16;/h2-5,12H,6-11,18H2,1H3,(H,19,20);1H. The summed E-state index contributed by atoms with van der Waals surface area (Å²) < 4.78 is 11.1. The van der Waals surface area contributed by atoms with Crippen molar-refractivity contribution in [2.75, 3.05) is 26.3 Å². The number of carbonyl (C=O) groups excluding carboxylic acids is 1. The molecule has 0 spiro atoms. The van der Waals surface area contributed by atoms with Crippen LogP contribution in [0.1, 0.15) is 19.8 Å². The molecule has 7 heteroatoms. The van der Waals surface area contributed by atoms with Gasteiger partial charge in [-0.2, -0.15) is 0 Å². The van der Waals surface area contributed by atoms with Gasteiger partial charge < -0.3 is 20.5 Å². The van der Waals surface area contributed by atoms with Gasteiger partial charge in [-0.1, -0.05) is 11.6 Å². The zero-order valence-corrected chi connectivity index (χ0v) is 14.8. The molecule has 0 bridgehead atoms. The van der Waals surface area contributed by atoms with E-state index in [9.17, 15) is 4.79 Å². The van der Waals surface area contributed by atoms with Crippen molar-refractivity contribution in [3.63, 3.8) is 0 Å². The van der Waals surface area contributed by atoms with Gasteiger partial charge in [-0.05, 0) is 44.0 Å². The molecule has 1 aromatic rings. The summed E-state index contributed by atoms with van der Waals surface area (Å²) in [4.78, 5) is 12.4. The van der Waals surface area contributed by atoms with Crippen molar-refractivity contribution in [2.24, 2.45) is 11.1 Å². The molecule has 1 amide bonds. The Labute approximate surface area is 148 Å². The first-order valence-corrected chi connectivity index (χ1v) is 7.92. The van der Waals surface area contributed by atoms with Gasteiger partial charge in [0.05, 0.1) is 12.0 Å². The highest BCUT2D eigenvalue weighted by Gasteiger charge is 2.38. The van der Waals surface area contributed by atoms with Crippen LogP contribution in [0.4, 0.5) is 0 Å². The Morgan fingerprint density at radius 1 is 1.39 bits per heavy atom. The number of nitrogens with one attached hydrogen (secondary N) is 1. The molecule has 0 radical (unpaired) electrons. The summed E-state index contributed by atoms with van der Waals surface area (Å²) in [6, 6.07) is 7.16. The van der Waals surface area contributed by atoms with E-state index < -0.39 is 5.41 Å². The number of halogens is 2. The van der Waals surface area contributed by atoms with Gasteiger partial charge in [-0.25, -0.2) is 0 Å². The fourth-order valence-electron chi connectivity index (χ4n) is 2.50. The lowest BCUT2D eigenvalue weighted by Gasteiger charge is -2.34. The minimum absolute atomic E-state index is 0. The highest BCUT2D eigenvalue weighted by Crippen LogP contribution is 2.29. The molecule has 1 aliphatic rings. The van der Waals surface area contributed by atoms with Gasteiger partial charge in [0.2, 0.25) is 5.91 Å². The lowest BCUT2D eigenvalue weighted by Crippen LogP contribution is -2.50. The number of carbonyl (C=O) groups is 1. The van der Waals surface area contributed by atoms with Crippen molar-refractivity contribution in [1.29, 1.82) is 0 Å². The van der Waals surface area contributed by atoms with E-state index in [1.165, 1.54) is 0 Å². The van der Waals surface area contributed by atoms with E-state index in [-0.39, 0.29) is 24.4 Å². The minimum atomic E-state index is -0.502. The van der Waals surface area contributed by atoms with Crippen LogP contribution < -0.4 is 15.8 Å². The third-order valence-electron chi connectivity index (χ3n) is 4.02. The Bertz CT molecular complexity index is 491. The number of hydrogen-bond acceptors (Lipinski definition) is 4. The van der Waals surface area contributed by atoms with Crippen molar-refractivity contribution in [3.05, 3.63) is 29.3 Å². The molecule has 1 fully saturated rings. The summed E-state index contributed by atoms with van der Waals surface area (Å²) in [6.45, 7) is 3.86. The Kier molecular flexibility index (Phi) is 8.12. The van der Waals surface area contributed by atoms with E-state index in [2.05, 4.69) is 5.32 Å². The maximum absolute atomic E-state index is 12.4. The highest BCUT2D eigenvalue weighted by atomic mass is 35.5. The van der Waals surface area contributed by atoms with Crippen molar-refractivity contribution in [3.8, 4) is 5.75 Å². The van der Waals surface area contributed by atoms with Gasteiger partial charge in [0.25, 0.3) is 0 Å². The Balaban J connectivity index is 0.00000264. The summed E-state index contributed by atoms with van der Waals surface area (Å²) in [7, 11) is 0. The molecule has 1 unspecified atom stereocenters. The van der Waals surface area contributed by atoms with Crippen LogP contribution in [0.25, 0.3) is 0 Å². The molecule has 0 aromatic heterocycles. The van der Waals surface area contributed by atoms with Gasteiger partial charge in [-0.15, -0.1) is 12.4 Å². The second kappa shape index (κ2) is 9.33. The number of ether oxygens (including phenoxy) is 2. The van der Waals surface area contributed by atoms with Gasteiger partial charge in [0.15, 0.2) is 0 Å². The first-order chi connectivity index (χ1) is 10.6. The van der Waals surface area contributed by atoms with E-state index in [0.29, 0.717) is 44.2 Å². The monoisotopic (exact) mass is 362 g/mol. The molecule has 1 saturated heterocycles. The second-order valence-corrected chi connectivity index (χ2v) is 6.13. The lowest BCUT2D eigenvalue weighted by molar-refractivity contribution is -0.136. The van der Waals surface area contributed by atoms with Gasteiger partial charge >= 0.3 is 0 Å². The van der Waals surface area contributed by atoms with E-state index in [4.69, 9.17) is 26.8 Å². The van der Waals surface area contributed by atoms with Crippen LogP contribution in [0.5, 0.6) is 5.75 Å². The molecule has 5 nitrogen and oxygen atoms in total. The number of amides is 1. The van der Waals surface area contributed by atoms with Gasteiger partial charge in [0.1, 0.15) is 11.9 Å². The Hall–Kier alpha value is -1.01. The summed E-state index contributed by atoms with van der Waals surface area (Å²) in [6.07, 6.45) is 1.20. The van der Waals surface area contributed by atoms with Crippen molar-refractivity contribution in [2.45, 2.75) is 25.9 Å². The fourth-order valence-corrected chi connectivity index (χ4v) is 2.62. The number of benzene rings is 1. The van der Waals surface area contributed by atoms with Crippen LogP contribution >= 0.6 is 24.0 Å². The van der Waals surface area contributed by atoms with Crippen LogP contribution in [0, 0.1) is 5.41 Å². The van der Waals surface area contributed by atoms with Crippen LogP contribution in [0.2, 0.25) is 5.02 Å². The topological polar surface area (TPSA) is 73.6 Å². The first-order valence-electron chi connectivity index (χ1n) is 7.54. The van der Waals surface area contributed by atoms with E-state index in [1.54, 1.807) is 24.3 Å². The molecule has 0 saturated carbocycles.